The third-order valence-electron chi connectivity index (χ3n) is 2.34. The molecule has 1 aliphatic carbocycles. The average molecular weight is 170 g/mol. The molecule has 0 radical (unpaired) electrons. The topological polar surface area (TPSA) is 37.3 Å². The maximum Gasteiger partial charge on any atom is 0.306 e. The molecule has 0 aliphatic heterocycles. The number of carboxylic acid groups (broad SMARTS) is 1. The van der Waals surface area contributed by atoms with Crippen molar-refractivity contribution in [3.63, 3.8) is 0 Å². The lowest BCUT2D eigenvalue weighted by molar-refractivity contribution is -0.143. The lowest BCUT2D eigenvalue weighted by Crippen LogP contribution is -2.22. The molecule has 0 aromatic rings. The molecule has 0 amide bonds. The smallest absolute Gasteiger partial charge is 0.306 e. The highest BCUT2D eigenvalue weighted by Gasteiger charge is 2.38. The standard InChI is InChI=1S/C10H18O2/c1-10(2,3)6-8(9(11)12)7-4-5-7/h7-8H,4-6H2,1-3H3,(H,11,12). The minimum absolute atomic E-state index is 0.0926. The normalized spacial score (nSPS) is 20.6. The van der Waals surface area contributed by atoms with Crippen LogP contribution >= 0.6 is 0 Å². The molecule has 0 aromatic heterocycles. The van der Waals surface area contributed by atoms with Gasteiger partial charge in [0.25, 0.3) is 0 Å². The van der Waals surface area contributed by atoms with Crippen LogP contribution in [0.3, 0.4) is 0 Å². The van der Waals surface area contributed by atoms with E-state index in [0.29, 0.717) is 5.92 Å². The predicted molar refractivity (Wildman–Crippen MR) is 47.9 cm³/mol. The van der Waals surface area contributed by atoms with E-state index in [9.17, 15) is 4.79 Å². The molecule has 2 heteroatoms. The first kappa shape index (κ1) is 9.56. The molecule has 0 aromatic carbocycles. The van der Waals surface area contributed by atoms with Crippen LogP contribution in [0.2, 0.25) is 0 Å². The summed E-state index contributed by atoms with van der Waals surface area (Å²) in [5.74, 6) is -0.223. The fraction of sp³-hybridized carbons (Fsp3) is 0.900. The second-order valence-corrected chi connectivity index (χ2v) is 5.05. The number of hydrogen-bond donors (Lipinski definition) is 1. The summed E-state index contributed by atoms with van der Waals surface area (Å²) in [6.45, 7) is 6.31. The molecule has 0 bridgehead atoms. The van der Waals surface area contributed by atoms with Crippen LogP contribution in [0.4, 0.5) is 0 Å². The van der Waals surface area contributed by atoms with Gasteiger partial charge in [0.2, 0.25) is 0 Å². The Balaban J connectivity index is 2.49. The van der Waals surface area contributed by atoms with Gasteiger partial charge in [0.05, 0.1) is 5.92 Å². The van der Waals surface area contributed by atoms with Crippen molar-refractivity contribution in [2.45, 2.75) is 40.0 Å². The van der Waals surface area contributed by atoms with Gasteiger partial charge in [0.15, 0.2) is 0 Å². The van der Waals surface area contributed by atoms with E-state index in [1.54, 1.807) is 0 Å². The van der Waals surface area contributed by atoms with Crippen molar-refractivity contribution >= 4 is 5.97 Å². The Morgan fingerprint density at radius 3 is 2.25 bits per heavy atom. The molecule has 12 heavy (non-hydrogen) atoms. The molecule has 1 saturated carbocycles. The lowest BCUT2D eigenvalue weighted by atomic mass is 9.82. The van der Waals surface area contributed by atoms with Crippen molar-refractivity contribution in [2.24, 2.45) is 17.3 Å². The number of hydrogen-bond acceptors (Lipinski definition) is 1. The predicted octanol–water partition coefficient (Wildman–Crippen LogP) is 2.53. The van der Waals surface area contributed by atoms with Crippen LogP contribution in [0.1, 0.15) is 40.0 Å². The second kappa shape index (κ2) is 3.08. The van der Waals surface area contributed by atoms with E-state index < -0.39 is 5.97 Å². The van der Waals surface area contributed by atoms with Crippen LogP contribution in [0.15, 0.2) is 0 Å². The van der Waals surface area contributed by atoms with Crippen molar-refractivity contribution in [2.75, 3.05) is 0 Å². The van der Waals surface area contributed by atoms with Crippen molar-refractivity contribution in [1.82, 2.24) is 0 Å². The summed E-state index contributed by atoms with van der Waals surface area (Å²) < 4.78 is 0. The molecule has 1 aliphatic rings. The van der Waals surface area contributed by atoms with Crippen LogP contribution < -0.4 is 0 Å². The lowest BCUT2D eigenvalue weighted by Gasteiger charge is -2.22. The van der Waals surface area contributed by atoms with Gasteiger partial charge < -0.3 is 5.11 Å². The van der Waals surface area contributed by atoms with E-state index in [-0.39, 0.29) is 11.3 Å². The summed E-state index contributed by atoms with van der Waals surface area (Å²) in [5.41, 5.74) is 0.144. The summed E-state index contributed by atoms with van der Waals surface area (Å²) in [7, 11) is 0. The molecular formula is C10H18O2. The zero-order chi connectivity index (χ0) is 9.35. The Labute approximate surface area is 74.0 Å². The molecule has 1 rings (SSSR count). The summed E-state index contributed by atoms with van der Waals surface area (Å²) in [6, 6.07) is 0. The van der Waals surface area contributed by atoms with Gasteiger partial charge in [-0.15, -0.1) is 0 Å². The number of aliphatic carboxylic acids is 1. The second-order valence-electron chi connectivity index (χ2n) is 5.05. The van der Waals surface area contributed by atoms with Crippen LogP contribution in [-0.4, -0.2) is 11.1 Å². The largest absolute Gasteiger partial charge is 0.481 e. The Morgan fingerprint density at radius 2 is 2.00 bits per heavy atom. The number of carboxylic acids is 1. The molecule has 0 spiro atoms. The van der Waals surface area contributed by atoms with Crippen molar-refractivity contribution < 1.29 is 9.90 Å². The fourth-order valence-electron chi connectivity index (χ4n) is 1.61. The zero-order valence-electron chi connectivity index (χ0n) is 8.13. The van der Waals surface area contributed by atoms with E-state index in [0.717, 1.165) is 19.3 Å². The summed E-state index contributed by atoms with van der Waals surface area (Å²) >= 11 is 0. The van der Waals surface area contributed by atoms with Gasteiger partial charge in [0.1, 0.15) is 0 Å². The van der Waals surface area contributed by atoms with Crippen LogP contribution in [0.5, 0.6) is 0 Å². The molecule has 1 N–H and O–H groups in total. The highest BCUT2D eigenvalue weighted by Crippen LogP contribution is 2.42. The van der Waals surface area contributed by atoms with E-state index in [4.69, 9.17) is 5.11 Å². The first-order chi connectivity index (χ1) is 5.40. The molecule has 70 valence electrons. The molecule has 2 nitrogen and oxygen atoms in total. The number of rotatable bonds is 3. The molecule has 0 heterocycles. The van der Waals surface area contributed by atoms with Gasteiger partial charge in [-0.2, -0.15) is 0 Å². The monoisotopic (exact) mass is 170 g/mol. The zero-order valence-corrected chi connectivity index (χ0v) is 8.13. The first-order valence-electron chi connectivity index (χ1n) is 4.63. The van der Waals surface area contributed by atoms with Gasteiger partial charge in [-0.25, -0.2) is 0 Å². The Bertz CT molecular complexity index is 175. The van der Waals surface area contributed by atoms with E-state index in [1.807, 2.05) is 0 Å². The average Bonchev–Trinajstić information content (AvgIpc) is 2.61. The molecule has 1 fully saturated rings. The summed E-state index contributed by atoms with van der Waals surface area (Å²) in [5, 5.41) is 8.95. The van der Waals surface area contributed by atoms with Gasteiger partial charge in [0, 0.05) is 0 Å². The molecule has 0 saturated heterocycles. The van der Waals surface area contributed by atoms with Crippen molar-refractivity contribution in [3.05, 3.63) is 0 Å². The van der Waals surface area contributed by atoms with Gasteiger partial charge in [-0.3, -0.25) is 4.79 Å². The van der Waals surface area contributed by atoms with E-state index >= 15 is 0 Å². The van der Waals surface area contributed by atoms with Gasteiger partial charge >= 0.3 is 5.97 Å². The molecule has 1 unspecified atom stereocenters. The van der Waals surface area contributed by atoms with E-state index in [2.05, 4.69) is 20.8 Å². The Kier molecular flexibility index (Phi) is 2.45. The third kappa shape index (κ3) is 2.84. The van der Waals surface area contributed by atoms with Crippen molar-refractivity contribution in [1.29, 1.82) is 0 Å². The highest BCUT2D eigenvalue weighted by atomic mass is 16.4. The minimum Gasteiger partial charge on any atom is -0.481 e. The van der Waals surface area contributed by atoms with Crippen LogP contribution in [-0.2, 0) is 4.79 Å². The highest BCUT2D eigenvalue weighted by molar-refractivity contribution is 5.70. The van der Waals surface area contributed by atoms with Gasteiger partial charge in [-0.1, -0.05) is 20.8 Å². The SMILES string of the molecule is CC(C)(C)CC(C(=O)O)C1CC1. The maximum absolute atomic E-state index is 10.9. The minimum atomic E-state index is -0.604. The summed E-state index contributed by atoms with van der Waals surface area (Å²) in [4.78, 5) is 10.9. The molecule has 1 atom stereocenters. The molecular weight excluding hydrogens is 152 g/mol. The van der Waals surface area contributed by atoms with Gasteiger partial charge in [-0.05, 0) is 30.6 Å². The fourth-order valence-corrected chi connectivity index (χ4v) is 1.61. The summed E-state index contributed by atoms with van der Waals surface area (Å²) in [6.07, 6.45) is 3.05. The maximum atomic E-state index is 10.9. The Morgan fingerprint density at radius 1 is 1.50 bits per heavy atom. The third-order valence-corrected chi connectivity index (χ3v) is 2.34. The first-order valence-corrected chi connectivity index (χ1v) is 4.63. The van der Waals surface area contributed by atoms with Crippen molar-refractivity contribution in [3.8, 4) is 0 Å². The van der Waals surface area contributed by atoms with Crippen LogP contribution in [0.25, 0.3) is 0 Å². The van der Waals surface area contributed by atoms with Crippen LogP contribution in [0, 0.1) is 17.3 Å². The Hall–Kier alpha value is -0.530. The number of carbonyl (C=O) groups is 1. The quantitative estimate of drug-likeness (QED) is 0.706. The van der Waals surface area contributed by atoms with E-state index in [1.165, 1.54) is 0 Å².